The van der Waals surface area contributed by atoms with Gasteiger partial charge in [-0.1, -0.05) is 26.2 Å². The maximum atomic E-state index is 11.7. The number of rotatable bonds is 3. The van der Waals surface area contributed by atoms with Crippen LogP contribution in [0.5, 0.6) is 0 Å². The number of hydrogen-bond donors (Lipinski definition) is 1. The average molecular weight is 196 g/mol. The summed E-state index contributed by atoms with van der Waals surface area (Å²) in [4.78, 5) is 13.8. The minimum absolute atomic E-state index is 0.315. The molecule has 0 aromatic heterocycles. The summed E-state index contributed by atoms with van der Waals surface area (Å²) in [5.74, 6) is 0.315. The van der Waals surface area contributed by atoms with Crippen molar-refractivity contribution in [2.24, 2.45) is 0 Å². The Hall–Kier alpha value is -0.570. The topological polar surface area (TPSA) is 32.3 Å². The van der Waals surface area contributed by atoms with Crippen molar-refractivity contribution in [1.82, 2.24) is 10.2 Å². The molecule has 0 spiro atoms. The van der Waals surface area contributed by atoms with Crippen LogP contribution in [-0.2, 0) is 4.79 Å². The molecule has 14 heavy (non-hydrogen) atoms. The highest BCUT2D eigenvalue weighted by Crippen LogP contribution is 2.27. The zero-order chi connectivity index (χ0) is 9.97. The fourth-order valence-electron chi connectivity index (χ4n) is 2.72. The van der Waals surface area contributed by atoms with E-state index in [9.17, 15) is 4.79 Å². The number of hydrogen-bond acceptors (Lipinski definition) is 2. The van der Waals surface area contributed by atoms with Crippen molar-refractivity contribution in [2.75, 3.05) is 6.54 Å². The lowest BCUT2D eigenvalue weighted by Crippen LogP contribution is -2.43. The van der Waals surface area contributed by atoms with Crippen LogP contribution < -0.4 is 5.32 Å². The molecule has 2 fully saturated rings. The third-order valence-electron chi connectivity index (χ3n) is 3.39. The lowest BCUT2D eigenvalue weighted by molar-refractivity contribution is -0.130. The van der Waals surface area contributed by atoms with Crippen LogP contribution >= 0.6 is 0 Å². The average Bonchev–Trinajstić information content (AvgIpc) is 2.76. The fraction of sp³-hybridized carbons (Fsp3) is 0.909. The normalized spacial score (nSPS) is 29.1. The first kappa shape index (κ1) is 9.97. The van der Waals surface area contributed by atoms with Crippen molar-refractivity contribution in [2.45, 2.75) is 57.7 Å². The molecule has 1 amide bonds. The number of nitrogens with one attached hydrogen (secondary N) is 1. The molecule has 3 heteroatoms. The molecule has 3 nitrogen and oxygen atoms in total. The second-order valence-corrected chi connectivity index (χ2v) is 4.42. The van der Waals surface area contributed by atoms with Crippen molar-refractivity contribution in [3.05, 3.63) is 0 Å². The SMILES string of the molecule is CCCC1NCC(=O)N1C1CCCC1. The lowest BCUT2D eigenvalue weighted by atomic mass is 10.1. The van der Waals surface area contributed by atoms with Gasteiger partial charge in [-0.25, -0.2) is 0 Å². The Morgan fingerprint density at radius 2 is 2.14 bits per heavy atom. The van der Waals surface area contributed by atoms with E-state index in [0.717, 1.165) is 12.8 Å². The Morgan fingerprint density at radius 3 is 2.79 bits per heavy atom. The van der Waals surface area contributed by atoms with Crippen molar-refractivity contribution in [3.8, 4) is 0 Å². The van der Waals surface area contributed by atoms with E-state index in [1.165, 1.54) is 25.7 Å². The summed E-state index contributed by atoms with van der Waals surface area (Å²) >= 11 is 0. The van der Waals surface area contributed by atoms with Crippen molar-refractivity contribution >= 4 is 5.91 Å². The Labute approximate surface area is 85.8 Å². The molecule has 1 unspecified atom stereocenters. The highest BCUT2D eigenvalue weighted by Gasteiger charge is 2.36. The van der Waals surface area contributed by atoms with Gasteiger partial charge in [-0.3, -0.25) is 10.1 Å². The van der Waals surface area contributed by atoms with Crippen LogP contribution in [0.3, 0.4) is 0 Å². The van der Waals surface area contributed by atoms with Gasteiger partial charge in [-0.05, 0) is 19.3 Å². The second kappa shape index (κ2) is 4.30. The van der Waals surface area contributed by atoms with E-state index in [2.05, 4.69) is 17.1 Å². The Kier molecular flexibility index (Phi) is 3.06. The van der Waals surface area contributed by atoms with E-state index in [1.54, 1.807) is 0 Å². The molecule has 2 aliphatic rings. The van der Waals surface area contributed by atoms with Crippen LogP contribution in [0.15, 0.2) is 0 Å². The van der Waals surface area contributed by atoms with Crippen LogP contribution in [-0.4, -0.2) is 29.6 Å². The van der Waals surface area contributed by atoms with Gasteiger partial charge in [0, 0.05) is 6.04 Å². The minimum atomic E-state index is 0.315. The van der Waals surface area contributed by atoms with Gasteiger partial charge in [0.15, 0.2) is 0 Å². The second-order valence-electron chi connectivity index (χ2n) is 4.42. The van der Waals surface area contributed by atoms with Crippen LogP contribution in [0.4, 0.5) is 0 Å². The van der Waals surface area contributed by atoms with Crippen LogP contribution in [0, 0.1) is 0 Å². The maximum Gasteiger partial charge on any atom is 0.238 e. The molecule has 1 atom stereocenters. The molecule has 80 valence electrons. The number of nitrogens with zero attached hydrogens (tertiary/aromatic N) is 1. The monoisotopic (exact) mass is 196 g/mol. The quantitative estimate of drug-likeness (QED) is 0.741. The number of carbonyl (C=O) groups is 1. The summed E-state index contributed by atoms with van der Waals surface area (Å²) in [6, 6.07) is 0.536. The van der Waals surface area contributed by atoms with Crippen molar-refractivity contribution < 1.29 is 4.79 Å². The number of amides is 1. The first-order valence-electron chi connectivity index (χ1n) is 5.87. The largest absolute Gasteiger partial charge is 0.323 e. The molecule has 1 aliphatic heterocycles. The summed E-state index contributed by atoms with van der Waals surface area (Å²) in [6.45, 7) is 2.73. The van der Waals surface area contributed by atoms with Crippen molar-refractivity contribution in [1.29, 1.82) is 0 Å². The Balaban J connectivity index is 2.00. The van der Waals surface area contributed by atoms with Gasteiger partial charge >= 0.3 is 0 Å². The summed E-state index contributed by atoms with van der Waals surface area (Å²) < 4.78 is 0. The smallest absolute Gasteiger partial charge is 0.238 e. The third-order valence-corrected chi connectivity index (χ3v) is 3.39. The maximum absolute atomic E-state index is 11.7. The molecule has 0 bridgehead atoms. The summed E-state index contributed by atoms with van der Waals surface area (Å²) in [7, 11) is 0. The molecular weight excluding hydrogens is 176 g/mol. The Morgan fingerprint density at radius 1 is 1.43 bits per heavy atom. The predicted octanol–water partition coefficient (Wildman–Crippen LogP) is 1.49. The Bertz CT molecular complexity index is 211. The first-order valence-corrected chi connectivity index (χ1v) is 5.87. The summed E-state index contributed by atoms with van der Waals surface area (Å²) in [6.07, 6.45) is 7.61. The van der Waals surface area contributed by atoms with E-state index < -0.39 is 0 Å². The van der Waals surface area contributed by atoms with Gasteiger partial charge in [0.2, 0.25) is 5.91 Å². The van der Waals surface area contributed by atoms with Gasteiger partial charge in [-0.2, -0.15) is 0 Å². The van der Waals surface area contributed by atoms with Crippen LogP contribution in [0.2, 0.25) is 0 Å². The van der Waals surface area contributed by atoms with Crippen LogP contribution in [0.25, 0.3) is 0 Å². The van der Waals surface area contributed by atoms with Gasteiger partial charge in [-0.15, -0.1) is 0 Å². The minimum Gasteiger partial charge on any atom is -0.323 e. The highest BCUT2D eigenvalue weighted by molar-refractivity contribution is 5.81. The van der Waals surface area contributed by atoms with E-state index in [-0.39, 0.29) is 0 Å². The van der Waals surface area contributed by atoms with E-state index in [1.807, 2.05) is 0 Å². The first-order chi connectivity index (χ1) is 6.83. The zero-order valence-electron chi connectivity index (χ0n) is 8.96. The van der Waals surface area contributed by atoms with Gasteiger partial charge in [0.25, 0.3) is 0 Å². The molecule has 1 aliphatic carbocycles. The zero-order valence-corrected chi connectivity index (χ0v) is 8.96. The summed E-state index contributed by atoms with van der Waals surface area (Å²) in [5.41, 5.74) is 0. The predicted molar refractivity (Wildman–Crippen MR) is 55.8 cm³/mol. The molecular formula is C11H20N2O. The molecule has 0 aromatic rings. The molecule has 1 saturated heterocycles. The van der Waals surface area contributed by atoms with Crippen molar-refractivity contribution in [3.63, 3.8) is 0 Å². The molecule has 0 radical (unpaired) electrons. The molecule has 1 heterocycles. The number of carbonyl (C=O) groups excluding carboxylic acids is 1. The van der Waals surface area contributed by atoms with E-state index >= 15 is 0 Å². The van der Waals surface area contributed by atoms with E-state index in [4.69, 9.17) is 0 Å². The highest BCUT2D eigenvalue weighted by atomic mass is 16.2. The standard InChI is InChI=1S/C11H20N2O/c1-2-5-10-12-8-11(14)13(10)9-6-3-4-7-9/h9-10,12H,2-8H2,1H3. The van der Waals surface area contributed by atoms with Gasteiger partial charge in [0.1, 0.15) is 0 Å². The van der Waals surface area contributed by atoms with Gasteiger partial charge in [0.05, 0.1) is 12.7 Å². The molecule has 1 N–H and O–H groups in total. The van der Waals surface area contributed by atoms with E-state index in [0.29, 0.717) is 24.7 Å². The van der Waals surface area contributed by atoms with Crippen LogP contribution in [0.1, 0.15) is 45.4 Å². The summed E-state index contributed by atoms with van der Waals surface area (Å²) in [5, 5.41) is 3.31. The third kappa shape index (κ3) is 1.78. The lowest BCUT2D eigenvalue weighted by Gasteiger charge is -2.30. The molecule has 2 rings (SSSR count). The van der Waals surface area contributed by atoms with Gasteiger partial charge < -0.3 is 4.90 Å². The molecule has 1 saturated carbocycles. The molecule has 0 aromatic carbocycles. The fourth-order valence-corrected chi connectivity index (χ4v) is 2.72.